The van der Waals surface area contributed by atoms with Gasteiger partial charge in [-0.15, -0.1) is 11.6 Å². The molecule has 2 aromatic heterocycles. The Morgan fingerprint density at radius 2 is 2.11 bits per heavy atom. The van der Waals surface area contributed by atoms with Crippen molar-refractivity contribution in [2.24, 2.45) is 13.0 Å². The Bertz CT molecular complexity index is 558. The van der Waals surface area contributed by atoms with Gasteiger partial charge in [-0.1, -0.05) is 0 Å². The minimum atomic E-state index is 0.383. The second kappa shape index (κ2) is 5.37. The maximum absolute atomic E-state index is 6.13. The van der Waals surface area contributed by atoms with E-state index in [9.17, 15) is 0 Å². The van der Waals surface area contributed by atoms with E-state index in [-0.39, 0.29) is 0 Å². The highest BCUT2D eigenvalue weighted by molar-refractivity contribution is 6.20. The third kappa shape index (κ3) is 2.68. The van der Waals surface area contributed by atoms with Gasteiger partial charge in [0, 0.05) is 25.2 Å². The molecule has 19 heavy (non-hydrogen) atoms. The van der Waals surface area contributed by atoms with Crippen LogP contribution in [0.5, 0.6) is 0 Å². The second-order valence-electron chi connectivity index (χ2n) is 5.38. The number of fused-ring (bicyclic) bond motifs is 1. The lowest BCUT2D eigenvalue weighted by atomic mass is 9.89. The molecule has 102 valence electrons. The smallest absolute Gasteiger partial charge is 0.154 e. The van der Waals surface area contributed by atoms with E-state index >= 15 is 0 Å². The van der Waals surface area contributed by atoms with Crippen LogP contribution in [0.25, 0.3) is 11.0 Å². The maximum atomic E-state index is 6.13. The summed E-state index contributed by atoms with van der Waals surface area (Å²) in [5, 5.41) is 3.84. The summed E-state index contributed by atoms with van der Waals surface area (Å²) in [4.78, 5) is 8.82. The Balaban J connectivity index is 1.68. The molecule has 1 fully saturated rings. The van der Waals surface area contributed by atoms with E-state index < -0.39 is 0 Å². The largest absolute Gasteiger partial charge is 0.368 e. The third-order valence-corrected chi connectivity index (χ3v) is 4.41. The molecule has 0 aromatic carbocycles. The zero-order valence-electron chi connectivity index (χ0n) is 11.1. The summed E-state index contributed by atoms with van der Waals surface area (Å²) in [7, 11) is 2.00. The van der Waals surface area contributed by atoms with Gasteiger partial charge in [-0.05, 0) is 37.7 Å². The Morgan fingerprint density at radius 1 is 1.32 bits per heavy atom. The summed E-state index contributed by atoms with van der Waals surface area (Å²) in [6.07, 6.45) is 8.35. The van der Waals surface area contributed by atoms with Crippen molar-refractivity contribution in [2.45, 2.75) is 31.1 Å². The van der Waals surface area contributed by atoms with Crippen molar-refractivity contribution >= 4 is 28.5 Å². The normalized spacial score (nSPS) is 23.7. The first-order chi connectivity index (χ1) is 9.24. The molecule has 3 rings (SSSR count). The average molecular weight is 279 g/mol. The number of aryl methyl sites for hydroxylation is 1. The van der Waals surface area contributed by atoms with Crippen molar-refractivity contribution in [1.82, 2.24) is 14.5 Å². The van der Waals surface area contributed by atoms with Crippen molar-refractivity contribution < 1.29 is 0 Å². The number of imidazole rings is 1. The number of anilines is 1. The van der Waals surface area contributed by atoms with Gasteiger partial charge < -0.3 is 9.88 Å². The summed E-state index contributed by atoms with van der Waals surface area (Å²) in [5.41, 5.74) is 2.07. The maximum Gasteiger partial charge on any atom is 0.154 e. The van der Waals surface area contributed by atoms with Crippen molar-refractivity contribution in [3.63, 3.8) is 0 Å². The summed E-state index contributed by atoms with van der Waals surface area (Å²) < 4.78 is 2.01. The van der Waals surface area contributed by atoms with E-state index in [1.165, 1.54) is 12.8 Å². The van der Waals surface area contributed by atoms with Crippen LogP contribution in [0.2, 0.25) is 0 Å². The number of aromatic nitrogens is 3. The summed E-state index contributed by atoms with van der Waals surface area (Å²) >= 11 is 6.13. The van der Waals surface area contributed by atoms with E-state index in [2.05, 4.69) is 15.3 Å². The second-order valence-corrected chi connectivity index (χ2v) is 6.00. The Kier molecular flexibility index (Phi) is 3.60. The first kappa shape index (κ1) is 12.7. The van der Waals surface area contributed by atoms with Gasteiger partial charge in [0.25, 0.3) is 0 Å². The molecule has 0 spiro atoms. The first-order valence-corrected chi connectivity index (χ1v) is 7.31. The van der Waals surface area contributed by atoms with Gasteiger partial charge >= 0.3 is 0 Å². The van der Waals surface area contributed by atoms with Crippen molar-refractivity contribution in [3.8, 4) is 0 Å². The zero-order valence-corrected chi connectivity index (χ0v) is 11.9. The topological polar surface area (TPSA) is 42.7 Å². The predicted octanol–water partition coefficient (Wildman–Crippen LogP) is 3.18. The molecule has 2 aromatic rings. The van der Waals surface area contributed by atoms with Crippen LogP contribution in [0.1, 0.15) is 25.7 Å². The molecule has 0 radical (unpaired) electrons. The SMILES string of the molecule is Cn1cnc2c(NCC3CCC(Cl)CC3)nccc21. The van der Waals surface area contributed by atoms with Gasteiger partial charge in [-0.2, -0.15) is 0 Å². The monoisotopic (exact) mass is 278 g/mol. The third-order valence-electron chi connectivity index (χ3n) is 3.98. The fourth-order valence-corrected chi connectivity index (χ4v) is 3.01. The van der Waals surface area contributed by atoms with Crippen LogP contribution in [0.15, 0.2) is 18.6 Å². The van der Waals surface area contributed by atoms with Crippen LogP contribution in [-0.2, 0) is 7.05 Å². The highest BCUT2D eigenvalue weighted by Crippen LogP contribution is 2.28. The molecular weight excluding hydrogens is 260 g/mol. The lowest BCUT2D eigenvalue weighted by molar-refractivity contribution is 0.378. The zero-order chi connectivity index (χ0) is 13.2. The van der Waals surface area contributed by atoms with Gasteiger partial charge in [-0.25, -0.2) is 9.97 Å². The number of nitrogens with zero attached hydrogens (tertiary/aromatic N) is 3. The van der Waals surface area contributed by atoms with E-state index in [1.807, 2.05) is 30.2 Å². The van der Waals surface area contributed by atoms with Crippen LogP contribution in [0.3, 0.4) is 0 Å². The molecule has 0 amide bonds. The van der Waals surface area contributed by atoms with E-state index in [0.29, 0.717) is 11.3 Å². The quantitative estimate of drug-likeness (QED) is 0.877. The number of rotatable bonds is 3. The Hall–Kier alpha value is -1.29. The molecule has 2 heterocycles. The molecule has 0 aliphatic heterocycles. The molecule has 0 atom stereocenters. The number of alkyl halides is 1. The number of halogens is 1. The molecule has 0 saturated heterocycles. The van der Waals surface area contributed by atoms with Gasteiger partial charge in [-0.3, -0.25) is 0 Å². The van der Waals surface area contributed by atoms with Crippen LogP contribution >= 0.6 is 11.6 Å². The van der Waals surface area contributed by atoms with Crippen LogP contribution in [0.4, 0.5) is 5.82 Å². The standard InChI is InChI=1S/C14H19ClN4/c1-19-9-18-13-12(19)6-7-16-14(13)17-8-10-2-4-11(15)5-3-10/h6-7,9-11H,2-5,8H2,1H3,(H,16,17). The van der Waals surface area contributed by atoms with E-state index in [0.717, 1.165) is 36.2 Å². The molecule has 1 aliphatic carbocycles. The molecular formula is C14H19ClN4. The highest BCUT2D eigenvalue weighted by Gasteiger charge is 2.19. The molecule has 1 saturated carbocycles. The number of hydrogen-bond acceptors (Lipinski definition) is 3. The van der Waals surface area contributed by atoms with E-state index in [1.54, 1.807) is 0 Å². The van der Waals surface area contributed by atoms with Crippen LogP contribution < -0.4 is 5.32 Å². The highest BCUT2D eigenvalue weighted by atomic mass is 35.5. The number of nitrogens with one attached hydrogen (secondary N) is 1. The van der Waals surface area contributed by atoms with Gasteiger partial charge in [0.1, 0.15) is 5.52 Å². The molecule has 5 heteroatoms. The lowest BCUT2D eigenvalue weighted by Crippen LogP contribution is -2.21. The molecule has 0 bridgehead atoms. The van der Waals surface area contributed by atoms with Gasteiger partial charge in [0.05, 0.1) is 11.8 Å². The average Bonchev–Trinajstić information content (AvgIpc) is 2.81. The number of pyridine rings is 1. The number of hydrogen-bond donors (Lipinski definition) is 1. The Labute approximate surface area is 118 Å². The molecule has 1 N–H and O–H groups in total. The first-order valence-electron chi connectivity index (χ1n) is 6.88. The minimum Gasteiger partial charge on any atom is -0.368 e. The summed E-state index contributed by atoms with van der Waals surface area (Å²) in [6, 6.07) is 1.99. The van der Waals surface area contributed by atoms with Crippen LogP contribution in [0, 0.1) is 5.92 Å². The van der Waals surface area contributed by atoms with Gasteiger partial charge in [0.2, 0.25) is 0 Å². The summed E-state index contributed by atoms with van der Waals surface area (Å²) in [6.45, 7) is 0.965. The predicted molar refractivity (Wildman–Crippen MR) is 78.6 cm³/mol. The fourth-order valence-electron chi connectivity index (χ4n) is 2.76. The van der Waals surface area contributed by atoms with E-state index in [4.69, 9.17) is 11.6 Å². The molecule has 1 aliphatic rings. The fraction of sp³-hybridized carbons (Fsp3) is 0.571. The summed E-state index contributed by atoms with van der Waals surface area (Å²) in [5.74, 6) is 1.60. The lowest BCUT2D eigenvalue weighted by Gasteiger charge is -2.25. The van der Waals surface area contributed by atoms with Crippen molar-refractivity contribution in [1.29, 1.82) is 0 Å². The van der Waals surface area contributed by atoms with Crippen molar-refractivity contribution in [3.05, 3.63) is 18.6 Å². The van der Waals surface area contributed by atoms with Crippen LogP contribution in [-0.4, -0.2) is 26.5 Å². The minimum absolute atomic E-state index is 0.383. The van der Waals surface area contributed by atoms with Crippen molar-refractivity contribution in [2.75, 3.05) is 11.9 Å². The molecule has 4 nitrogen and oxygen atoms in total. The Morgan fingerprint density at radius 3 is 2.89 bits per heavy atom. The van der Waals surface area contributed by atoms with Gasteiger partial charge in [0.15, 0.2) is 5.82 Å². The molecule has 0 unspecified atom stereocenters.